The number of hydrogen-bond donors (Lipinski definition) is 0. The first kappa shape index (κ1) is 28.6. The number of carbonyl (C=O) groups is 1. The number of hydrogen-bond acceptors (Lipinski definition) is 3. The summed E-state index contributed by atoms with van der Waals surface area (Å²) in [5.74, 6) is -0.384. The van der Waals surface area contributed by atoms with Crippen molar-refractivity contribution in [3.63, 3.8) is 0 Å². The number of carbonyl (C=O) groups excluding carboxylic acids is 1. The van der Waals surface area contributed by atoms with E-state index in [0.717, 1.165) is 31.8 Å². The van der Waals surface area contributed by atoms with E-state index in [1.54, 1.807) is 0 Å². The van der Waals surface area contributed by atoms with Crippen LogP contribution in [0, 0.1) is 0 Å². The van der Waals surface area contributed by atoms with Gasteiger partial charge in [0.2, 0.25) is 0 Å². The van der Waals surface area contributed by atoms with Gasteiger partial charge >= 0.3 is 255 Å². The van der Waals surface area contributed by atoms with Crippen molar-refractivity contribution in [2.75, 3.05) is 0 Å². The number of rotatable bonds is 8. The van der Waals surface area contributed by atoms with Crippen molar-refractivity contribution in [3.05, 3.63) is 182 Å². The van der Waals surface area contributed by atoms with E-state index in [0.29, 0.717) is 0 Å². The minimum absolute atomic E-state index is 0.384. The molecule has 43 heavy (non-hydrogen) atoms. The van der Waals surface area contributed by atoms with Crippen LogP contribution in [0.25, 0.3) is 0 Å². The Bertz CT molecular complexity index is 1660. The van der Waals surface area contributed by atoms with Crippen molar-refractivity contribution < 1.29 is 9.32 Å². The third kappa shape index (κ3) is 4.86. The molecule has 0 aromatic heterocycles. The zero-order chi connectivity index (χ0) is 29.6. The van der Waals surface area contributed by atoms with Crippen molar-refractivity contribution in [2.24, 2.45) is 4.52 Å². The molecule has 6 aromatic rings. The standard InChI is InChI=1S/C38H33NO2P2/c1-32(40)41-43(36-26-14-5-15-27-36,37-28-16-6-17-29-37,38-30-18-7-19-31-38)39-42(33-20-8-2-9-21-33,34-22-10-3-11-23-34)35-24-12-4-13-25-35/h2-31H,1H3. The molecule has 0 saturated carbocycles. The zero-order valence-corrected chi connectivity index (χ0v) is 25.8. The van der Waals surface area contributed by atoms with Crippen LogP contribution in [0.4, 0.5) is 0 Å². The van der Waals surface area contributed by atoms with Crippen molar-refractivity contribution in [3.8, 4) is 0 Å². The van der Waals surface area contributed by atoms with Crippen LogP contribution in [0.1, 0.15) is 6.92 Å². The van der Waals surface area contributed by atoms with Gasteiger partial charge < -0.3 is 0 Å². The van der Waals surface area contributed by atoms with E-state index >= 15 is 0 Å². The van der Waals surface area contributed by atoms with E-state index in [1.165, 1.54) is 6.92 Å². The van der Waals surface area contributed by atoms with Crippen LogP contribution in [0.3, 0.4) is 0 Å². The fourth-order valence-corrected chi connectivity index (χ4v) is 17.2. The Labute approximate surface area is 254 Å². The first-order valence-electron chi connectivity index (χ1n) is 14.3. The first-order chi connectivity index (χ1) is 21.1. The van der Waals surface area contributed by atoms with Crippen molar-refractivity contribution in [1.29, 1.82) is 0 Å². The second-order valence-electron chi connectivity index (χ2n) is 10.3. The topological polar surface area (TPSA) is 38.7 Å². The molecule has 0 heterocycles. The van der Waals surface area contributed by atoms with E-state index in [-0.39, 0.29) is 5.97 Å². The molecule has 0 spiro atoms. The van der Waals surface area contributed by atoms with Crippen LogP contribution in [0.2, 0.25) is 0 Å². The quantitative estimate of drug-likeness (QED) is 0.176. The molecule has 0 saturated heterocycles. The van der Waals surface area contributed by atoms with Gasteiger partial charge in [-0.05, 0) is 0 Å². The maximum atomic E-state index is 13.6. The van der Waals surface area contributed by atoms with Crippen LogP contribution in [0.15, 0.2) is 187 Å². The van der Waals surface area contributed by atoms with Gasteiger partial charge in [0, 0.05) is 0 Å². The Morgan fingerprint density at radius 3 is 0.977 bits per heavy atom. The van der Waals surface area contributed by atoms with Gasteiger partial charge in [-0.3, -0.25) is 0 Å². The Kier molecular flexibility index (Phi) is 7.96. The average molecular weight is 598 g/mol. The second kappa shape index (κ2) is 12.0. The SMILES string of the molecule is CC(=O)OP(N=P(c1ccccc1)(c1ccccc1)c1ccccc1)(c1ccccc1)(c1ccccc1)c1ccccc1. The molecule has 0 N–H and O–H groups in total. The third-order valence-corrected chi connectivity index (χ3v) is 17.7. The van der Waals surface area contributed by atoms with Crippen LogP contribution in [0.5, 0.6) is 0 Å². The summed E-state index contributed by atoms with van der Waals surface area (Å²) in [6.45, 7) is -2.94. The van der Waals surface area contributed by atoms with Gasteiger partial charge in [0.05, 0.1) is 0 Å². The molecular formula is C38H33NO2P2. The summed E-state index contributed by atoms with van der Waals surface area (Å²) in [4.78, 5) is 13.6. The van der Waals surface area contributed by atoms with Crippen molar-refractivity contribution in [1.82, 2.24) is 0 Å². The van der Waals surface area contributed by atoms with Gasteiger partial charge in [0.25, 0.3) is 0 Å². The van der Waals surface area contributed by atoms with Crippen LogP contribution in [-0.4, -0.2) is 5.97 Å². The summed E-state index contributed by atoms with van der Waals surface area (Å²) in [5, 5.41) is 5.85. The maximum absolute atomic E-state index is 13.6. The normalized spacial score (nSPS) is 12.4. The summed E-state index contributed by atoms with van der Waals surface area (Å²) in [7, 11) is -2.89. The Morgan fingerprint density at radius 2 is 0.721 bits per heavy atom. The van der Waals surface area contributed by atoms with E-state index in [1.807, 2.05) is 72.8 Å². The number of nitrogens with zero attached hydrogens (tertiary/aromatic N) is 1. The summed E-state index contributed by atoms with van der Waals surface area (Å²) < 4.78 is 13.4. The molecule has 0 bridgehead atoms. The molecular weight excluding hydrogens is 564 g/mol. The Hall–Kier alpha value is -4.55. The molecule has 3 nitrogen and oxygen atoms in total. The molecule has 0 aliphatic carbocycles. The molecule has 0 atom stereocenters. The van der Waals surface area contributed by atoms with Gasteiger partial charge in [-0.2, -0.15) is 0 Å². The minimum atomic E-state index is -4.44. The van der Waals surface area contributed by atoms with Gasteiger partial charge in [-0.25, -0.2) is 0 Å². The van der Waals surface area contributed by atoms with E-state index in [4.69, 9.17) is 9.04 Å². The molecule has 0 radical (unpaired) electrons. The van der Waals surface area contributed by atoms with Gasteiger partial charge in [0.1, 0.15) is 0 Å². The molecule has 0 unspecified atom stereocenters. The zero-order valence-electron chi connectivity index (χ0n) is 24.0. The monoisotopic (exact) mass is 597 g/mol. The molecule has 6 rings (SSSR count). The molecule has 0 amide bonds. The number of benzene rings is 6. The average Bonchev–Trinajstić information content (AvgIpc) is 3.09. The molecule has 6 aromatic carbocycles. The summed E-state index contributed by atoms with van der Waals surface area (Å²) in [6, 6.07) is 62.0. The van der Waals surface area contributed by atoms with Crippen LogP contribution in [-0.2, 0) is 9.32 Å². The molecule has 0 fully saturated rings. The summed E-state index contributed by atoms with van der Waals surface area (Å²) in [5.41, 5.74) is 0. The summed E-state index contributed by atoms with van der Waals surface area (Å²) in [6.07, 6.45) is 0. The Balaban J connectivity index is 2.00. The molecule has 212 valence electrons. The van der Waals surface area contributed by atoms with Crippen molar-refractivity contribution >= 4 is 51.8 Å². The van der Waals surface area contributed by atoms with Crippen LogP contribution >= 0.6 is 14.0 Å². The fraction of sp³-hybridized carbons (Fsp3) is 0.0263. The van der Waals surface area contributed by atoms with Crippen LogP contribution < -0.4 is 31.8 Å². The van der Waals surface area contributed by atoms with Gasteiger partial charge in [0.15, 0.2) is 0 Å². The molecule has 0 aliphatic heterocycles. The van der Waals surface area contributed by atoms with Gasteiger partial charge in [-0.1, -0.05) is 0 Å². The summed E-state index contributed by atoms with van der Waals surface area (Å²) >= 11 is 0. The van der Waals surface area contributed by atoms with E-state index in [9.17, 15) is 4.79 Å². The Morgan fingerprint density at radius 1 is 0.465 bits per heavy atom. The second-order valence-corrected chi connectivity index (χ2v) is 17.6. The van der Waals surface area contributed by atoms with Gasteiger partial charge in [-0.15, -0.1) is 0 Å². The van der Waals surface area contributed by atoms with Crippen molar-refractivity contribution in [2.45, 2.75) is 6.92 Å². The predicted molar refractivity (Wildman–Crippen MR) is 184 cm³/mol. The fourth-order valence-electron chi connectivity index (χ4n) is 5.93. The molecule has 5 heteroatoms. The third-order valence-electron chi connectivity index (χ3n) is 7.71. The first-order valence-corrected chi connectivity index (χ1v) is 18.1. The van der Waals surface area contributed by atoms with E-state index in [2.05, 4.69) is 109 Å². The predicted octanol–water partition coefficient (Wildman–Crippen LogP) is 7.09. The molecule has 0 aliphatic rings. The van der Waals surface area contributed by atoms with E-state index < -0.39 is 14.0 Å².